The number of rotatable bonds is 5. The van der Waals surface area contributed by atoms with Crippen LogP contribution in [0.5, 0.6) is 0 Å². The van der Waals surface area contributed by atoms with E-state index in [1.807, 2.05) is 60.7 Å². The molecule has 0 radical (unpaired) electrons. The van der Waals surface area contributed by atoms with Crippen molar-refractivity contribution in [1.29, 1.82) is 5.26 Å². The van der Waals surface area contributed by atoms with Gasteiger partial charge in [0.15, 0.2) is 0 Å². The van der Waals surface area contributed by atoms with Gasteiger partial charge in [-0.3, -0.25) is 20.2 Å². The molecule has 7 nitrogen and oxygen atoms in total. The van der Waals surface area contributed by atoms with Crippen LogP contribution in [0.25, 0.3) is 22.5 Å². The first-order chi connectivity index (χ1) is 15.1. The zero-order chi connectivity index (χ0) is 21.8. The number of para-hydroxylation sites is 1. The van der Waals surface area contributed by atoms with Gasteiger partial charge in [0, 0.05) is 17.2 Å². The molecule has 150 valence electrons. The maximum absolute atomic E-state index is 12.8. The summed E-state index contributed by atoms with van der Waals surface area (Å²) >= 11 is 0. The van der Waals surface area contributed by atoms with Crippen LogP contribution in [-0.2, 0) is 0 Å². The molecule has 4 aromatic rings. The van der Waals surface area contributed by atoms with Crippen molar-refractivity contribution in [3.8, 4) is 28.5 Å². The summed E-state index contributed by atoms with van der Waals surface area (Å²) in [5.41, 5.74) is 1.67. The van der Waals surface area contributed by atoms with Crippen molar-refractivity contribution in [3.63, 3.8) is 0 Å². The van der Waals surface area contributed by atoms with E-state index in [1.54, 1.807) is 0 Å². The van der Waals surface area contributed by atoms with E-state index in [9.17, 15) is 20.2 Å². The fourth-order valence-corrected chi connectivity index (χ4v) is 3.29. The molecule has 0 spiro atoms. The van der Waals surface area contributed by atoms with Crippen molar-refractivity contribution in [2.24, 2.45) is 0 Å². The van der Waals surface area contributed by atoms with Gasteiger partial charge in [-0.05, 0) is 11.6 Å². The molecule has 0 atom stereocenters. The smallest absolute Gasteiger partial charge is 0.282 e. The fourth-order valence-electron chi connectivity index (χ4n) is 3.29. The van der Waals surface area contributed by atoms with E-state index in [0.29, 0.717) is 11.3 Å². The van der Waals surface area contributed by atoms with Crippen LogP contribution in [0.2, 0.25) is 0 Å². The number of benzene rings is 3. The van der Waals surface area contributed by atoms with E-state index >= 15 is 0 Å². The Bertz CT molecular complexity index is 1310. The first kappa shape index (κ1) is 19.6. The van der Waals surface area contributed by atoms with Gasteiger partial charge in [-0.25, -0.2) is 0 Å². The normalized spacial score (nSPS) is 10.3. The number of nitriles is 1. The lowest BCUT2D eigenvalue weighted by Gasteiger charge is -2.03. The molecule has 1 amide bonds. The van der Waals surface area contributed by atoms with Crippen molar-refractivity contribution in [3.05, 3.63) is 106 Å². The minimum absolute atomic E-state index is 0.0663. The molecular weight excluding hydrogens is 394 g/mol. The highest BCUT2D eigenvalue weighted by Crippen LogP contribution is 2.41. The molecule has 0 unspecified atom stereocenters. The van der Waals surface area contributed by atoms with Gasteiger partial charge in [-0.2, -0.15) is 5.26 Å². The van der Waals surface area contributed by atoms with E-state index in [2.05, 4.69) is 11.4 Å². The quantitative estimate of drug-likeness (QED) is 0.338. The van der Waals surface area contributed by atoms with Gasteiger partial charge in [-0.15, -0.1) is 0 Å². The van der Waals surface area contributed by atoms with Crippen LogP contribution in [0.3, 0.4) is 0 Å². The predicted octanol–water partition coefficient (Wildman–Crippen LogP) is 5.65. The average molecular weight is 409 g/mol. The lowest BCUT2D eigenvalue weighted by Crippen LogP contribution is -2.14. The van der Waals surface area contributed by atoms with Crippen molar-refractivity contribution in [2.45, 2.75) is 0 Å². The molecule has 1 N–H and O–H groups in total. The molecule has 0 saturated carbocycles. The maximum Gasteiger partial charge on any atom is 0.282 e. The second-order valence-electron chi connectivity index (χ2n) is 6.58. The van der Waals surface area contributed by atoms with Gasteiger partial charge in [0.2, 0.25) is 5.88 Å². The number of nitro groups is 1. The van der Waals surface area contributed by atoms with Crippen LogP contribution in [0.15, 0.2) is 89.3 Å². The first-order valence-electron chi connectivity index (χ1n) is 9.32. The Kier molecular flexibility index (Phi) is 5.28. The van der Waals surface area contributed by atoms with Gasteiger partial charge in [0.1, 0.15) is 23.0 Å². The number of carbonyl (C=O) groups is 1. The van der Waals surface area contributed by atoms with E-state index < -0.39 is 10.8 Å². The second kappa shape index (κ2) is 8.35. The number of anilines is 1. The number of amides is 1. The van der Waals surface area contributed by atoms with Crippen molar-refractivity contribution in [2.75, 3.05) is 5.32 Å². The summed E-state index contributed by atoms with van der Waals surface area (Å²) in [7, 11) is 0. The van der Waals surface area contributed by atoms with Crippen molar-refractivity contribution in [1.82, 2.24) is 0 Å². The van der Waals surface area contributed by atoms with Gasteiger partial charge < -0.3 is 4.42 Å². The molecule has 31 heavy (non-hydrogen) atoms. The zero-order valence-corrected chi connectivity index (χ0v) is 16.1. The van der Waals surface area contributed by atoms with Crippen molar-refractivity contribution < 1.29 is 14.1 Å². The summed E-state index contributed by atoms with van der Waals surface area (Å²) in [5.74, 6) is -0.388. The Balaban J connectivity index is 1.85. The van der Waals surface area contributed by atoms with Crippen molar-refractivity contribution >= 4 is 17.5 Å². The van der Waals surface area contributed by atoms with Gasteiger partial charge >= 0.3 is 0 Å². The number of carbonyl (C=O) groups excluding carboxylic acids is 1. The molecule has 1 heterocycles. The second-order valence-corrected chi connectivity index (χ2v) is 6.58. The first-order valence-corrected chi connectivity index (χ1v) is 9.32. The fraction of sp³-hybridized carbons (Fsp3) is 0. The average Bonchev–Trinajstić information content (AvgIpc) is 3.18. The predicted molar refractivity (Wildman–Crippen MR) is 115 cm³/mol. The Morgan fingerprint density at radius 2 is 1.48 bits per heavy atom. The Hall–Kier alpha value is -4.70. The number of furan rings is 1. The Labute approximate surface area is 177 Å². The monoisotopic (exact) mass is 409 g/mol. The topological polar surface area (TPSA) is 109 Å². The van der Waals surface area contributed by atoms with Crippen LogP contribution in [0, 0.1) is 21.4 Å². The van der Waals surface area contributed by atoms with Crippen LogP contribution >= 0.6 is 0 Å². The van der Waals surface area contributed by atoms with Gasteiger partial charge in [0.05, 0.1) is 4.92 Å². The molecule has 0 aliphatic carbocycles. The third-order valence-corrected chi connectivity index (χ3v) is 4.69. The van der Waals surface area contributed by atoms with Crippen LogP contribution < -0.4 is 5.32 Å². The standard InChI is InChI=1S/C24H15N3O4/c25-15-19-21(16-9-3-1-4-10-16)22(17-11-5-2-6-12-17)31-24(19)26-23(28)18-13-7-8-14-20(18)27(29)30/h1-14H,(H,26,28). The molecule has 0 fully saturated rings. The molecule has 0 aliphatic heterocycles. The highest BCUT2D eigenvalue weighted by Gasteiger charge is 2.26. The molecule has 3 aromatic carbocycles. The summed E-state index contributed by atoms with van der Waals surface area (Å²) in [4.78, 5) is 23.5. The largest absolute Gasteiger partial charge is 0.438 e. The summed E-state index contributed by atoms with van der Waals surface area (Å²) in [6, 6.07) is 26.1. The molecular formula is C24H15N3O4. The molecule has 0 aliphatic rings. The SMILES string of the molecule is N#Cc1c(NC(=O)c2ccccc2[N+](=O)[O-])oc(-c2ccccc2)c1-c1ccccc1. The van der Waals surface area contributed by atoms with E-state index in [-0.39, 0.29) is 22.7 Å². The lowest BCUT2D eigenvalue weighted by atomic mass is 9.98. The molecule has 1 aromatic heterocycles. The molecule has 7 heteroatoms. The lowest BCUT2D eigenvalue weighted by molar-refractivity contribution is -0.385. The number of nitrogens with zero attached hydrogens (tertiary/aromatic N) is 2. The summed E-state index contributed by atoms with van der Waals surface area (Å²) in [6.45, 7) is 0. The number of hydrogen-bond acceptors (Lipinski definition) is 5. The van der Waals surface area contributed by atoms with E-state index in [4.69, 9.17) is 4.42 Å². The van der Waals surface area contributed by atoms with E-state index in [0.717, 1.165) is 11.1 Å². The minimum Gasteiger partial charge on any atom is -0.438 e. The number of nitro benzene ring substituents is 1. The van der Waals surface area contributed by atoms with Crippen LogP contribution in [0.1, 0.15) is 15.9 Å². The van der Waals surface area contributed by atoms with Crippen LogP contribution in [0.4, 0.5) is 11.6 Å². The van der Waals surface area contributed by atoms with Crippen LogP contribution in [-0.4, -0.2) is 10.8 Å². The maximum atomic E-state index is 12.8. The summed E-state index contributed by atoms with van der Waals surface area (Å²) < 4.78 is 5.95. The number of nitrogens with one attached hydrogen (secondary N) is 1. The summed E-state index contributed by atoms with van der Waals surface area (Å²) in [6.07, 6.45) is 0. The highest BCUT2D eigenvalue weighted by molar-refractivity contribution is 6.07. The Morgan fingerprint density at radius 1 is 0.903 bits per heavy atom. The van der Waals surface area contributed by atoms with Gasteiger partial charge in [-0.1, -0.05) is 72.8 Å². The number of hydrogen-bond donors (Lipinski definition) is 1. The highest BCUT2D eigenvalue weighted by atomic mass is 16.6. The summed E-state index contributed by atoms with van der Waals surface area (Å²) in [5, 5.41) is 23.7. The van der Waals surface area contributed by atoms with E-state index in [1.165, 1.54) is 24.3 Å². The Morgan fingerprint density at radius 3 is 2.10 bits per heavy atom. The minimum atomic E-state index is -0.739. The third-order valence-electron chi connectivity index (χ3n) is 4.69. The zero-order valence-electron chi connectivity index (χ0n) is 16.1. The molecule has 0 bridgehead atoms. The molecule has 4 rings (SSSR count). The molecule has 0 saturated heterocycles. The third kappa shape index (κ3) is 3.78. The van der Waals surface area contributed by atoms with Gasteiger partial charge in [0.25, 0.3) is 11.6 Å².